The van der Waals surface area contributed by atoms with Crippen molar-refractivity contribution in [1.29, 1.82) is 0 Å². The molecular weight excluding hydrogens is 216 g/mol. The van der Waals surface area contributed by atoms with E-state index in [-0.39, 0.29) is 5.91 Å². The van der Waals surface area contributed by atoms with Gasteiger partial charge in [-0.25, -0.2) is 4.98 Å². The predicted molar refractivity (Wildman–Crippen MR) is 68.3 cm³/mol. The van der Waals surface area contributed by atoms with Crippen LogP contribution in [0.3, 0.4) is 0 Å². The van der Waals surface area contributed by atoms with Gasteiger partial charge < -0.3 is 11.1 Å². The molecule has 3 N–H and O–H groups in total. The van der Waals surface area contributed by atoms with Gasteiger partial charge in [0.2, 0.25) is 5.91 Å². The number of hydrogen-bond acceptors (Lipinski definition) is 4. The average molecular weight is 236 g/mol. The number of nitrogens with two attached hydrogens (primary N) is 1. The Morgan fingerprint density at radius 1 is 1.59 bits per heavy atom. The van der Waals surface area contributed by atoms with Crippen LogP contribution >= 0.6 is 0 Å². The van der Waals surface area contributed by atoms with Crippen molar-refractivity contribution in [2.45, 2.75) is 19.9 Å². The third-order valence-electron chi connectivity index (χ3n) is 2.35. The normalized spacial score (nSPS) is 10.5. The zero-order chi connectivity index (χ0) is 12.7. The summed E-state index contributed by atoms with van der Waals surface area (Å²) in [5.74, 6) is 0.560. The lowest BCUT2D eigenvalue weighted by Gasteiger charge is -2.16. The number of nitrogens with one attached hydrogen (secondary N) is 1. The van der Waals surface area contributed by atoms with Crippen LogP contribution in [0, 0.1) is 0 Å². The second kappa shape index (κ2) is 6.85. The van der Waals surface area contributed by atoms with Gasteiger partial charge in [-0.15, -0.1) is 0 Å². The Hall–Kier alpha value is -1.62. The fourth-order valence-electron chi connectivity index (χ4n) is 1.50. The molecular formula is C12H20N4O. The van der Waals surface area contributed by atoms with Crippen LogP contribution in [0.1, 0.15) is 18.9 Å². The van der Waals surface area contributed by atoms with E-state index in [1.807, 2.05) is 31.0 Å². The average Bonchev–Trinajstić information content (AvgIpc) is 2.29. The number of carbonyl (C=O) groups is 1. The van der Waals surface area contributed by atoms with Crippen LogP contribution in [0.5, 0.6) is 0 Å². The highest BCUT2D eigenvalue weighted by molar-refractivity contribution is 5.77. The monoisotopic (exact) mass is 236 g/mol. The quantitative estimate of drug-likeness (QED) is 0.759. The fourth-order valence-corrected chi connectivity index (χ4v) is 1.50. The number of anilines is 1. The third kappa shape index (κ3) is 4.82. The van der Waals surface area contributed by atoms with Crippen molar-refractivity contribution in [2.75, 3.05) is 25.9 Å². The van der Waals surface area contributed by atoms with E-state index in [0.29, 0.717) is 18.9 Å². The molecule has 0 saturated heterocycles. The molecule has 0 saturated carbocycles. The van der Waals surface area contributed by atoms with Crippen molar-refractivity contribution in [3.8, 4) is 0 Å². The first kappa shape index (κ1) is 13.4. The molecule has 1 amide bonds. The van der Waals surface area contributed by atoms with Gasteiger partial charge in [0.25, 0.3) is 0 Å². The first-order chi connectivity index (χ1) is 8.13. The molecule has 1 aromatic rings. The molecule has 0 aliphatic carbocycles. The van der Waals surface area contributed by atoms with E-state index in [1.54, 1.807) is 6.20 Å². The molecule has 0 atom stereocenters. The minimum atomic E-state index is 0.0387. The summed E-state index contributed by atoms with van der Waals surface area (Å²) in [7, 11) is 1.89. The summed E-state index contributed by atoms with van der Waals surface area (Å²) in [6.45, 7) is 3.75. The number of amides is 1. The van der Waals surface area contributed by atoms with Crippen LogP contribution < -0.4 is 11.1 Å². The molecule has 0 aliphatic rings. The largest absolute Gasteiger partial charge is 0.383 e. The molecule has 0 fully saturated rings. The molecule has 1 rings (SSSR count). The van der Waals surface area contributed by atoms with Crippen molar-refractivity contribution in [2.24, 2.45) is 0 Å². The van der Waals surface area contributed by atoms with Crippen LogP contribution in [-0.2, 0) is 11.3 Å². The smallest absolute Gasteiger partial charge is 0.234 e. The number of nitrogen functional groups attached to an aromatic ring is 1. The maximum atomic E-state index is 11.5. The number of likely N-dealkylation sites (N-methyl/N-ethyl adjacent to an activating group) is 1. The highest BCUT2D eigenvalue weighted by atomic mass is 16.2. The van der Waals surface area contributed by atoms with Crippen LogP contribution in [0.25, 0.3) is 0 Å². The Morgan fingerprint density at radius 3 is 3.00 bits per heavy atom. The summed E-state index contributed by atoms with van der Waals surface area (Å²) in [6.07, 6.45) is 2.61. The van der Waals surface area contributed by atoms with Crippen molar-refractivity contribution >= 4 is 11.7 Å². The zero-order valence-corrected chi connectivity index (χ0v) is 10.4. The van der Waals surface area contributed by atoms with Crippen molar-refractivity contribution in [3.05, 3.63) is 23.9 Å². The van der Waals surface area contributed by atoms with Gasteiger partial charge in [0.1, 0.15) is 5.82 Å². The molecule has 0 aromatic carbocycles. The summed E-state index contributed by atoms with van der Waals surface area (Å²) < 4.78 is 0. The Kier molecular flexibility index (Phi) is 5.42. The maximum Gasteiger partial charge on any atom is 0.234 e. The molecule has 0 spiro atoms. The van der Waals surface area contributed by atoms with Gasteiger partial charge in [0.05, 0.1) is 6.54 Å². The number of aromatic nitrogens is 1. The van der Waals surface area contributed by atoms with E-state index in [4.69, 9.17) is 5.73 Å². The van der Waals surface area contributed by atoms with Crippen molar-refractivity contribution in [1.82, 2.24) is 15.2 Å². The molecule has 0 radical (unpaired) electrons. The minimum absolute atomic E-state index is 0.0387. The molecule has 5 heteroatoms. The number of pyridine rings is 1. The van der Waals surface area contributed by atoms with Gasteiger partial charge in [-0.1, -0.05) is 13.0 Å². The fraction of sp³-hybridized carbons (Fsp3) is 0.500. The highest BCUT2D eigenvalue weighted by Gasteiger charge is 2.08. The summed E-state index contributed by atoms with van der Waals surface area (Å²) in [6, 6.07) is 3.76. The van der Waals surface area contributed by atoms with Crippen LogP contribution in [0.4, 0.5) is 5.82 Å². The van der Waals surface area contributed by atoms with Crippen LogP contribution in [0.2, 0.25) is 0 Å². The Bertz CT molecular complexity index is 367. The van der Waals surface area contributed by atoms with Gasteiger partial charge >= 0.3 is 0 Å². The maximum absolute atomic E-state index is 11.5. The second-order valence-electron chi connectivity index (χ2n) is 4.07. The Morgan fingerprint density at radius 2 is 2.35 bits per heavy atom. The lowest BCUT2D eigenvalue weighted by atomic mass is 10.2. The predicted octanol–water partition coefficient (Wildman–Crippen LogP) is 0.622. The molecule has 17 heavy (non-hydrogen) atoms. The SMILES string of the molecule is CCCNC(=O)CN(C)Cc1cccnc1N. The van der Waals surface area contributed by atoms with E-state index in [1.165, 1.54) is 0 Å². The molecule has 1 aromatic heterocycles. The van der Waals surface area contributed by atoms with Crippen LogP contribution in [0.15, 0.2) is 18.3 Å². The van der Waals surface area contributed by atoms with Gasteiger partial charge in [-0.05, 0) is 19.5 Å². The third-order valence-corrected chi connectivity index (χ3v) is 2.35. The molecule has 5 nitrogen and oxygen atoms in total. The lowest BCUT2D eigenvalue weighted by molar-refractivity contribution is -0.122. The summed E-state index contributed by atoms with van der Waals surface area (Å²) >= 11 is 0. The van der Waals surface area contributed by atoms with Crippen molar-refractivity contribution < 1.29 is 4.79 Å². The number of carbonyl (C=O) groups excluding carboxylic acids is 1. The Balaban J connectivity index is 2.42. The van der Waals surface area contributed by atoms with E-state index in [2.05, 4.69) is 10.3 Å². The van der Waals surface area contributed by atoms with Gasteiger partial charge in [0, 0.05) is 24.8 Å². The number of hydrogen-bond donors (Lipinski definition) is 2. The van der Waals surface area contributed by atoms with Gasteiger partial charge in [0.15, 0.2) is 0 Å². The molecule has 1 heterocycles. The van der Waals surface area contributed by atoms with Crippen LogP contribution in [-0.4, -0.2) is 35.9 Å². The molecule has 94 valence electrons. The minimum Gasteiger partial charge on any atom is -0.383 e. The summed E-state index contributed by atoms with van der Waals surface area (Å²) in [5, 5.41) is 2.84. The van der Waals surface area contributed by atoms with E-state index >= 15 is 0 Å². The second-order valence-corrected chi connectivity index (χ2v) is 4.07. The zero-order valence-electron chi connectivity index (χ0n) is 10.4. The molecule has 0 bridgehead atoms. The van der Waals surface area contributed by atoms with Gasteiger partial charge in [-0.3, -0.25) is 9.69 Å². The topological polar surface area (TPSA) is 71.2 Å². The van der Waals surface area contributed by atoms with E-state index < -0.39 is 0 Å². The Labute approximate surface area is 102 Å². The first-order valence-corrected chi connectivity index (χ1v) is 5.78. The van der Waals surface area contributed by atoms with E-state index in [9.17, 15) is 4.79 Å². The van der Waals surface area contributed by atoms with E-state index in [0.717, 1.165) is 18.5 Å². The molecule has 0 aliphatic heterocycles. The lowest BCUT2D eigenvalue weighted by Crippen LogP contribution is -2.35. The standard InChI is InChI=1S/C12H20N4O/c1-3-6-14-11(17)9-16(2)8-10-5-4-7-15-12(10)13/h4-5,7H,3,6,8-9H2,1-2H3,(H2,13,15)(H,14,17). The highest BCUT2D eigenvalue weighted by Crippen LogP contribution is 2.08. The number of nitrogens with zero attached hydrogens (tertiary/aromatic N) is 2. The molecule has 0 unspecified atom stereocenters. The summed E-state index contributed by atoms with van der Waals surface area (Å²) in [4.78, 5) is 17.4. The van der Waals surface area contributed by atoms with Crippen molar-refractivity contribution in [3.63, 3.8) is 0 Å². The number of rotatable bonds is 6. The first-order valence-electron chi connectivity index (χ1n) is 5.78. The van der Waals surface area contributed by atoms with Gasteiger partial charge in [-0.2, -0.15) is 0 Å². The summed E-state index contributed by atoms with van der Waals surface area (Å²) in [5.41, 5.74) is 6.68.